The molecule has 1 aliphatic carbocycles. The van der Waals surface area contributed by atoms with Gasteiger partial charge in [-0.15, -0.1) is 0 Å². The highest BCUT2D eigenvalue weighted by Crippen LogP contribution is 2.45. The zero-order chi connectivity index (χ0) is 13.6. The molecule has 2 aliphatic rings. The lowest BCUT2D eigenvalue weighted by Gasteiger charge is -2.38. The Morgan fingerprint density at radius 3 is 2.84 bits per heavy atom. The molecule has 3 atom stereocenters. The molecule has 0 spiro atoms. The number of allylic oxidation sites excluding steroid dienone is 2. The molecule has 1 heterocycles. The van der Waals surface area contributed by atoms with Crippen molar-refractivity contribution in [2.75, 3.05) is 5.32 Å². The fourth-order valence-corrected chi connectivity index (χ4v) is 3.06. The van der Waals surface area contributed by atoms with Gasteiger partial charge in [0.15, 0.2) is 0 Å². The number of para-hydroxylation sites is 1. The van der Waals surface area contributed by atoms with Crippen LogP contribution in [0.25, 0.3) is 0 Å². The number of carboxylic acid groups (broad SMARTS) is 1. The van der Waals surface area contributed by atoms with E-state index in [4.69, 9.17) is 5.73 Å². The number of hydrogen-bond acceptors (Lipinski definition) is 4. The van der Waals surface area contributed by atoms with E-state index in [0.717, 1.165) is 5.56 Å². The molecule has 5 nitrogen and oxygen atoms in total. The van der Waals surface area contributed by atoms with E-state index in [0.29, 0.717) is 17.7 Å². The van der Waals surface area contributed by atoms with Crippen molar-refractivity contribution in [3.63, 3.8) is 0 Å². The fraction of sp³-hybridized carbons (Fsp3) is 0.286. The molecular formula is C14H13N2O3-. The lowest BCUT2D eigenvalue weighted by Crippen LogP contribution is -2.49. The molecule has 98 valence electrons. The monoisotopic (exact) mass is 257 g/mol. The third kappa shape index (κ3) is 1.69. The molecule has 3 N–H and O–H groups in total. The number of benzene rings is 1. The second-order valence-corrected chi connectivity index (χ2v) is 4.93. The van der Waals surface area contributed by atoms with Gasteiger partial charge < -0.3 is 21.0 Å². The van der Waals surface area contributed by atoms with Gasteiger partial charge in [-0.1, -0.05) is 24.3 Å². The summed E-state index contributed by atoms with van der Waals surface area (Å²) in [5.74, 6) is -1.79. The minimum Gasteiger partial charge on any atom is -0.548 e. The predicted molar refractivity (Wildman–Crippen MR) is 67.4 cm³/mol. The van der Waals surface area contributed by atoms with Crippen molar-refractivity contribution >= 4 is 17.6 Å². The standard InChI is InChI=1S/C14H14N2O3/c15-13(17)10-6-2-4-8-7-3-1-5-9(7)12(14(18)19)16-11(8)10/h1-4,6-7,9,12,16H,5H2,(H2,15,17)(H,18,19)/p-1/t7-,9+,12-/m0/s1. The summed E-state index contributed by atoms with van der Waals surface area (Å²) in [5, 5.41) is 14.2. The van der Waals surface area contributed by atoms with Crippen molar-refractivity contribution in [2.45, 2.75) is 18.4 Å². The SMILES string of the molecule is NC(=O)c1cccc2c1N[C@H](C(=O)[O-])[C@@H]1CC=C[C@@H]21. The van der Waals surface area contributed by atoms with Crippen molar-refractivity contribution in [3.8, 4) is 0 Å². The van der Waals surface area contributed by atoms with Gasteiger partial charge in [0.25, 0.3) is 5.91 Å². The van der Waals surface area contributed by atoms with E-state index in [-0.39, 0.29) is 11.8 Å². The van der Waals surface area contributed by atoms with Gasteiger partial charge in [-0.3, -0.25) is 4.79 Å². The van der Waals surface area contributed by atoms with Gasteiger partial charge in [0.2, 0.25) is 0 Å². The topological polar surface area (TPSA) is 95.2 Å². The maximum Gasteiger partial charge on any atom is 0.250 e. The number of hydrogen-bond donors (Lipinski definition) is 2. The van der Waals surface area contributed by atoms with Crippen LogP contribution in [0.4, 0.5) is 5.69 Å². The largest absolute Gasteiger partial charge is 0.548 e. The van der Waals surface area contributed by atoms with Gasteiger partial charge in [0.05, 0.1) is 23.3 Å². The fourth-order valence-electron chi connectivity index (χ4n) is 3.06. The van der Waals surface area contributed by atoms with Crippen molar-refractivity contribution in [2.24, 2.45) is 11.7 Å². The quantitative estimate of drug-likeness (QED) is 0.728. The molecule has 0 radical (unpaired) electrons. The van der Waals surface area contributed by atoms with Crippen molar-refractivity contribution in [3.05, 3.63) is 41.5 Å². The van der Waals surface area contributed by atoms with Crippen LogP contribution in [0.5, 0.6) is 0 Å². The molecule has 19 heavy (non-hydrogen) atoms. The lowest BCUT2D eigenvalue weighted by atomic mass is 9.78. The zero-order valence-corrected chi connectivity index (χ0v) is 10.1. The molecule has 1 aromatic rings. The van der Waals surface area contributed by atoms with Crippen LogP contribution in [0, 0.1) is 5.92 Å². The molecule has 3 rings (SSSR count). The van der Waals surface area contributed by atoms with Gasteiger partial charge in [0.1, 0.15) is 0 Å². The highest BCUT2D eigenvalue weighted by atomic mass is 16.4. The summed E-state index contributed by atoms with van der Waals surface area (Å²) in [6.45, 7) is 0. The highest BCUT2D eigenvalue weighted by molar-refractivity contribution is 6.00. The third-order valence-corrected chi connectivity index (χ3v) is 3.92. The molecule has 0 saturated heterocycles. The minimum atomic E-state index is -1.15. The van der Waals surface area contributed by atoms with Crippen LogP contribution in [0.1, 0.15) is 28.3 Å². The Hall–Kier alpha value is -2.30. The summed E-state index contributed by atoms with van der Waals surface area (Å²) in [4.78, 5) is 22.7. The number of amides is 1. The molecule has 1 amide bonds. The van der Waals surface area contributed by atoms with Gasteiger partial charge in [-0.25, -0.2) is 0 Å². The summed E-state index contributed by atoms with van der Waals surface area (Å²) < 4.78 is 0. The van der Waals surface area contributed by atoms with E-state index < -0.39 is 17.9 Å². The minimum absolute atomic E-state index is 0.00144. The normalized spacial score (nSPS) is 27.3. The number of carboxylic acids is 1. The predicted octanol–water partition coefficient (Wildman–Crippen LogP) is -0.0108. The lowest BCUT2D eigenvalue weighted by molar-refractivity contribution is -0.308. The highest BCUT2D eigenvalue weighted by Gasteiger charge is 2.38. The summed E-state index contributed by atoms with van der Waals surface area (Å²) in [6, 6.07) is 4.46. The van der Waals surface area contributed by atoms with Crippen LogP contribution < -0.4 is 16.2 Å². The molecule has 0 aromatic heterocycles. The molecule has 1 aliphatic heterocycles. The van der Waals surface area contributed by atoms with Crippen molar-refractivity contribution in [1.82, 2.24) is 0 Å². The van der Waals surface area contributed by atoms with Crippen LogP contribution in [0.3, 0.4) is 0 Å². The van der Waals surface area contributed by atoms with E-state index >= 15 is 0 Å². The zero-order valence-electron chi connectivity index (χ0n) is 10.1. The Morgan fingerprint density at radius 1 is 1.37 bits per heavy atom. The van der Waals surface area contributed by atoms with E-state index in [9.17, 15) is 14.7 Å². The third-order valence-electron chi connectivity index (χ3n) is 3.92. The van der Waals surface area contributed by atoms with Crippen molar-refractivity contribution in [1.29, 1.82) is 0 Å². The van der Waals surface area contributed by atoms with Crippen LogP contribution in [-0.2, 0) is 4.79 Å². The Labute approximate surface area is 110 Å². The van der Waals surface area contributed by atoms with E-state index in [1.165, 1.54) is 0 Å². The van der Waals surface area contributed by atoms with Crippen LogP contribution >= 0.6 is 0 Å². The second kappa shape index (κ2) is 4.12. The summed E-state index contributed by atoms with van der Waals surface area (Å²) >= 11 is 0. The first-order chi connectivity index (χ1) is 9.09. The number of fused-ring (bicyclic) bond motifs is 3. The smallest absolute Gasteiger partial charge is 0.250 e. The second-order valence-electron chi connectivity index (χ2n) is 4.93. The molecule has 0 fully saturated rings. The average molecular weight is 257 g/mol. The summed E-state index contributed by atoms with van der Waals surface area (Å²) in [7, 11) is 0. The molecule has 0 unspecified atom stereocenters. The van der Waals surface area contributed by atoms with E-state index in [1.807, 2.05) is 18.2 Å². The molecule has 5 heteroatoms. The first kappa shape index (κ1) is 11.8. The Bertz CT molecular complexity index is 594. The summed E-state index contributed by atoms with van der Waals surface area (Å²) in [6.07, 6.45) is 4.65. The number of aliphatic carboxylic acids is 1. The molecule has 1 aromatic carbocycles. The van der Waals surface area contributed by atoms with Gasteiger partial charge >= 0.3 is 0 Å². The first-order valence-electron chi connectivity index (χ1n) is 6.16. The Kier molecular flexibility index (Phi) is 2.55. The number of nitrogens with two attached hydrogens (primary N) is 1. The van der Waals surface area contributed by atoms with Crippen LogP contribution in [0.2, 0.25) is 0 Å². The molecule has 0 bridgehead atoms. The van der Waals surface area contributed by atoms with Crippen LogP contribution in [-0.4, -0.2) is 17.9 Å². The number of carbonyl (C=O) groups excluding carboxylic acids is 2. The van der Waals surface area contributed by atoms with Crippen molar-refractivity contribution < 1.29 is 14.7 Å². The number of carbonyl (C=O) groups is 2. The van der Waals surface area contributed by atoms with Gasteiger partial charge in [-0.05, 0) is 24.0 Å². The number of rotatable bonds is 2. The van der Waals surface area contributed by atoms with E-state index in [1.54, 1.807) is 12.1 Å². The average Bonchev–Trinajstić information content (AvgIpc) is 2.85. The maximum absolute atomic E-state index is 11.4. The van der Waals surface area contributed by atoms with Crippen LogP contribution in [0.15, 0.2) is 30.4 Å². The number of nitrogens with one attached hydrogen (secondary N) is 1. The Balaban J connectivity index is 2.15. The van der Waals surface area contributed by atoms with Gasteiger partial charge in [0, 0.05) is 5.92 Å². The number of anilines is 1. The first-order valence-corrected chi connectivity index (χ1v) is 6.16. The maximum atomic E-state index is 11.4. The molecule has 0 saturated carbocycles. The summed E-state index contributed by atoms with van der Waals surface area (Å²) in [5.41, 5.74) is 7.11. The Morgan fingerprint density at radius 2 is 2.16 bits per heavy atom. The van der Waals surface area contributed by atoms with Gasteiger partial charge in [-0.2, -0.15) is 0 Å². The number of primary amides is 1. The molecular weight excluding hydrogens is 244 g/mol. The van der Waals surface area contributed by atoms with E-state index in [2.05, 4.69) is 5.32 Å².